The van der Waals surface area contributed by atoms with Gasteiger partial charge in [0.05, 0.1) is 52.9 Å². The number of rotatable bonds is 28. The van der Waals surface area contributed by atoms with Gasteiger partial charge >= 0.3 is 0 Å². The molecule has 0 atom stereocenters. The van der Waals surface area contributed by atoms with E-state index in [2.05, 4.69) is 109 Å². The normalized spacial score (nSPS) is 17.5. The maximum absolute atomic E-state index is 6.04. The summed E-state index contributed by atoms with van der Waals surface area (Å²) in [5.74, 6) is 0. The van der Waals surface area contributed by atoms with Crippen LogP contribution in [0.25, 0.3) is 0 Å². The molecule has 0 bridgehead atoms. The van der Waals surface area contributed by atoms with Crippen molar-refractivity contribution in [1.82, 2.24) is 0 Å². The van der Waals surface area contributed by atoms with Crippen LogP contribution in [0.15, 0.2) is 109 Å². The van der Waals surface area contributed by atoms with Gasteiger partial charge in [-0.1, -0.05) is 135 Å². The highest BCUT2D eigenvalue weighted by molar-refractivity contribution is 5.40. The summed E-state index contributed by atoms with van der Waals surface area (Å²) in [5.41, 5.74) is 16.6. The monoisotopic (exact) mass is 1010 g/mol. The summed E-state index contributed by atoms with van der Waals surface area (Å²) in [7, 11) is 0. The molecule has 0 unspecified atom stereocenters. The molecule has 5 aromatic carbocycles. The largest absolute Gasteiger partial charge is 0.348 e. The summed E-state index contributed by atoms with van der Waals surface area (Å²) in [6.07, 6.45) is 25.9. The lowest BCUT2D eigenvalue weighted by Crippen LogP contribution is -2.19. The Morgan fingerprint density at radius 1 is 0.230 bits per heavy atom. The molecule has 4 aliphatic heterocycles. The smallest absolute Gasteiger partial charge is 0.184 e. The van der Waals surface area contributed by atoms with Crippen molar-refractivity contribution in [2.45, 2.75) is 179 Å². The van der Waals surface area contributed by atoms with Gasteiger partial charge in [-0.2, -0.15) is 0 Å². The zero-order valence-electron chi connectivity index (χ0n) is 44.6. The molecule has 74 heavy (non-hydrogen) atoms. The molecule has 0 aliphatic carbocycles. The Morgan fingerprint density at radius 3 is 0.635 bits per heavy atom. The highest BCUT2D eigenvalue weighted by Crippen LogP contribution is 2.33. The molecule has 0 aromatic heterocycles. The van der Waals surface area contributed by atoms with E-state index in [4.69, 9.17) is 37.9 Å². The van der Waals surface area contributed by atoms with E-state index < -0.39 is 0 Å². The van der Waals surface area contributed by atoms with E-state index in [0.29, 0.717) is 0 Å². The fourth-order valence-corrected chi connectivity index (χ4v) is 11.6. The zero-order chi connectivity index (χ0) is 50.2. The van der Waals surface area contributed by atoms with Crippen LogP contribution >= 0.6 is 0 Å². The van der Waals surface area contributed by atoms with Crippen molar-refractivity contribution >= 4 is 0 Å². The standard InChI is InChI=1S/C66H86O8/c1(5-25-51-29-13-17-37-59(51)63-67-41-21-42-68-63)9-33-55-49-57(35-11-3-7-27-53-31-15-19-39-61(53)65-71-45-23-46-72-65)58(36-12-4-8-28-54-32-16-20-40-62(54)66-73-47-24-48-74-66)50-56(55)34-10-2-6-26-52-30-14-18-38-60(52)64-69-43-22-44-70-64/h13-20,29-32,37-40,49-50,63-66H,1-12,21-28,33-36,41-48H2. The molecule has 4 heterocycles. The van der Waals surface area contributed by atoms with E-state index in [-0.39, 0.29) is 25.2 Å². The molecule has 0 amide bonds. The van der Waals surface area contributed by atoms with Gasteiger partial charge in [0.15, 0.2) is 25.2 Å². The van der Waals surface area contributed by atoms with Gasteiger partial charge in [0.25, 0.3) is 0 Å². The first kappa shape index (κ1) is 54.6. The predicted molar refractivity (Wildman–Crippen MR) is 294 cm³/mol. The number of unbranched alkanes of at least 4 members (excludes halogenated alkanes) is 8. The van der Waals surface area contributed by atoms with Crippen molar-refractivity contribution < 1.29 is 37.9 Å². The summed E-state index contributed by atoms with van der Waals surface area (Å²) in [6.45, 7) is 6.14. The third kappa shape index (κ3) is 16.4. The van der Waals surface area contributed by atoms with Crippen LogP contribution in [0.2, 0.25) is 0 Å². The number of ether oxygens (including phenoxy) is 8. The number of aryl methyl sites for hydroxylation is 8. The molecule has 0 radical (unpaired) electrons. The molecule has 5 aromatic rings. The third-order valence-corrected chi connectivity index (χ3v) is 15.6. The van der Waals surface area contributed by atoms with Crippen LogP contribution in [-0.4, -0.2) is 52.9 Å². The summed E-state index contributed by atoms with van der Waals surface area (Å²) >= 11 is 0. The second-order valence-corrected chi connectivity index (χ2v) is 21.1. The lowest BCUT2D eigenvalue weighted by molar-refractivity contribution is -0.183. The van der Waals surface area contributed by atoms with Gasteiger partial charge in [-0.15, -0.1) is 0 Å². The molecule has 4 saturated heterocycles. The molecule has 0 saturated carbocycles. The minimum absolute atomic E-state index is 0.233. The molecule has 0 spiro atoms. The highest BCUT2D eigenvalue weighted by Gasteiger charge is 2.23. The number of hydrogen-bond acceptors (Lipinski definition) is 8. The second kappa shape index (κ2) is 30.5. The summed E-state index contributed by atoms with van der Waals surface area (Å²) < 4.78 is 48.3. The Labute approximate surface area is 444 Å². The van der Waals surface area contributed by atoms with Crippen LogP contribution in [0.1, 0.15) is 195 Å². The molecular weight excluding hydrogens is 921 g/mol. The first-order chi connectivity index (χ1) is 36.8. The fourth-order valence-electron chi connectivity index (χ4n) is 11.6. The van der Waals surface area contributed by atoms with Gasteiger partial charge in [0.2, 0.25) is 0 Å². The van der Waals surface area contributed by atoms with Gasteiger partial charge in [-0.3, -0.25) is 0 Å². The minimum atomic E-state index is -0.233. The zero-order valence-corrected chi connectivity index (χ0v) is 44.6. The SMILES string of the molecule is c1ccc(C2OCCCO2)c(CCCCCc2cc(CCCCCc3ccccc3C3OCCCO3)c(CCCCCc3ccccc3C3OCCCO3)cc2CCCCCc2ccccc2C2OCCCO2)c1. The number of hydrogen-bond donors (Lipinski definition) is 0. The second-order valence-electron chi connectivity index (χ2n) is 21.1. The molecule has 4 fully saturated rings. The van der Waals surface area contributed by atoms with Crippen molar-refractivity contribution in [3.8, 4) is 0 Å². The average Bonchev–Trinajstić information content (AvgIpc) is 3.46. The summed E-state index contributed by atoms with van der Waals surface area (Å²) in [6, 6.07) is 40.4. The van der Waals surface area contributed by atoms with Gasteiger partial charge in [0, 0.05) is 22.3 Å². The van der Waals surface area contributed by atoms with E-state index in [0.717, 1.165) is 156 Å². The molecule has 9 rings (SSSR count). The first-order valence-electron chi connectivity index (χ1n) is 29.1. The van der Waals surface area contributed by atoms with Crippen LogP contribution in [0.5, 0.6) is 0 Å². The van der Waals surface area contributed by atoms with Crippen molar-refractivity contribution in [1.29, 1.82) is 0 Å². The van der Waals surface area contributed by atoms with E-state index in [1.54, 1.807) is 22.3 Å². The Hall–Kier alpha value is -4.22. The third-order valence-electron chi connectivity index (χ3n) is 15.6. The van der Waals surface area contributed by atoms with Crippen LogP contribution in [0.3, 0.4) is 0 Å². The van der Waals surface area contributed by atoms with Crippen LogP contribution in [-0.2, 0) is 89.3 Å². The van der Waals surface area contributed by atoms with E-state index in [9.17, 15) is 0 Å². The van der Waals surface area contributed by atoms with Gasteiger partial charge < -0.3 is 37.9 Å². The Kier molecular flexibility index (Phi) is 22.5. The van der Waals surface area contributed by atoms with Gasteiger partial charge in [-0.25, -0.2) is 0 Å². The van der Waals surface area contributed by atoms with E-state index in [1.165, 1.54) is 95.9 Å². The maximum atomic E-state index is 6.04. The van der Waals surface area contributed by atoms with Gasteiger partial charge in [-0.05, 0) is 173 Å². The molecule has 4 aliphatic rings. The molecule has 8 nitrogen and oxygen atoms in total. The molecular formula is C66H86O8. The van der Waals surface area contributed by atoms with Crippen molar-refractivity contribution in [2.75, 3.05) is 52.9 Å². The molecule has 398 valence electrons. The Balaban J connectivity index is 0.868. The van der Waals surface area contributed by atoms with Crippen molar-refractivity contribution in [3.05, 3.63) is 176 Å². The first-order valence-corrected chi connectivity index (χ1v) is 29.1. The Bertz CT molecular complexity index is 2060. The lowest BCUT2D eigenvalue weighted by Gasteiger charge is -2.25. The fraction of sp³-hybridized carbons (Fsp3) is 0.545. The average molecular weight is 1010 g/mol. The summed E-state index contributed by atoms with van der Waals surface area (Å²) in [5, 5.41) is 0. The maximum Gasteiger partial charge on any atom is 0.184 e. The van der Waals surface area contributed by atoms with Crippen LogP contribution in [0.4, 0.5) is 0 Å². The van der Waals surface area contributed by atoms with Crippen molar-refractivity contribution in [2.24, 2.45) is 0 Å². The quantitative estimate of drug-likeness (QED) is 0.0459. The van der Waals surface area contributed by atoms with E-state index in [1.807, 2.05) is 0 Å². The molecule has 0 N–H and O–H groups in total. The van der Waals surface area contributed by atoms with Gasteiger partial charge in [0.1, 0.15) is 0 Å². The lowest BCUT2D eigenvalue weighted by atomic mass is 9.87. The van der Waals surface area contributed by atoms with Crippen LogP contribution < -0.4 is 0 Å². The Morgan fingerprint density at radius 2 is 0.419 bits per heavy atom. The topological polar surface area (TPSA) is 73.8 Å². The minimum Gasteiger partial charge on any atom is -0.348 e. The van der Waals surface area contributed by atoms with Crippen LogP contribution in [0, 0.1) is 0 Å². The van der Waals surface area contributed by atoms with Crippen molar-refractivity contribution in [3.63, 3.8) is 0 Å². The highest BCUT2D eigenvalue weighted by atomic mass is 16.7. The predicted octanol–water partition coefficient (Wildman–Crippen LogP) is 15.3. The summed E-state index contributed by atoms with van der Waals surface area (Å²) in [4.78, 5) is 0. The van der Waals surface area contributed by atoms with E-state index >= 15 is 0 Å². The molecule has 8 heteroatoms. The number of benzene rings is 5.